The Morgan fingerprint density at radius 3 is 2.67 bits per heavy atom. The van der Waals surface area contributed by atoms with E-state index in [1.807, 2.05) is 0 Å². The molecule has 1 aromatic carbocycles. The molecule has 100 valence electrons. The molecule has 1 atom stereocenters. The fraction of sp³-hybridized carbons (Fsp3) is 0.571. The highest BCUT2D eigenvalue weighted by Gasteiger charge is 2.31. The van der Waals surface area contributed by atoms with E-state index >= 15 is 0 Å². The Morgan fingerprint density at radius 1 is 1.33 bits per heavy atom. The molecule has 1 saturated heterocycles. The second-order valence-corrected chi connectivity index (χ2v) is 4.98. The van der Waals surface area contributed by atoms with Gasteiger partial charge in [0.15, 0.2) is 0 Å². The lowest BCUT2D eigenvalue weighted by Crippen LogP contribution is -2.39. The highest BCUT2D eigenvalue weighted by molar-refractivity contribution is 5.20. The smallest absolute Gasteiger partial charge is 0.285 e. The summed E-state index contributed by atoms with van der Waals surface area (Å²) in [6, 6.07) is 8.39. The molecule has 0 saturated carbocycles. The summed E-state index contributed by atoms with van der Waals surface area (Å²) >= 11 is 0. The monoisotopic (exact) mass is 254 g/mol. The minimum Gasteiger partial charge on any atom is -0.309 e. The number of likely N-dealkylation sites (N-methyl/N-ethyl adjacent to an activating group) is 1. The molecule has 1 N–H and O–H groups in total. The molecule has 2 nitrogen and oxygen atoms in total. The Balaban J connectivity index is 1.82. The summed E-state index contributed by atoms with van der Waals surface area (Å²) in [5.74, 6) is -2.79. The Hall–Kier alpha value is -1.00. The lowest BCUT2D eigenvalue weighted by Gasteiger charge is -2.22. The van der Waals surface area contributed by atoms with E-state index in [1.165, 1.54) is 12.1 Å². The van der Waals surface area contributed by atoms with Crippen molar-refractivity contribution in [3.8, 4) is 0 Å². The second kappa shape index (κ2) is 5.76. The van der Waals surface area contributed by atoms with Gasteiger partial charge in [0.1, 0.15) is 0 Å². The minimum atomic E-state index is -2.79. The summed E-state index contributed by atoms with van der Waals surface area (Å²) in [5.41, 5.74) is 0.0808. The number of nitrogens with zero attached hydrogens (tertiary/aromatic N) is 1. The molecule has 1 aromatic rings. The van der Waals surface area contributed by atoms with E-state index in [1.54, 1.807) is 18.2 Å². The van der Waals surface area contributed by atoms with Gasteiger partial charge in [-0.2, -0.15) is 8.78 Å². The molecule has 1 aliphatic rings. The lowest BCUT2D eigenvalue weighted by atomic mass is 10.1. The Labute approximate surface area is 107 Å². The van der Waals surface area contributed by atoms with Gasteiger partial charge in [-0.05, 0) is 26.4 Å². The third-order valence-electron chi connectivity index (χ3n) is 3.59. The van der Waals surface area contributed by atoms with Crippen molar-refractivity contribution in [2.24, 2.45) is 0 Å². The predicted octanol–water partition coefficient (Wildman–Crippen LogP) is 2.46. The number of halogens is 2. The first-order chi connectivity index (χ1) is 8.59. The van der Waals surface area contributed by atoms with Crippen molar-refractivity contribution in [2.75, 3.05) is 26.7 Å². The van der Waals surface area contributed by atoms with Gasteiger partial charge in [-0.3, -0.25) is 0 Å². The zero-order valence-corrected chi connectivity index (χ0v) is 10.7. The standard InChI is InChI=1S/C14H20F2N2/c1-18-9-5-8-13(18)10-17-11-14(15,16)12-6-3-2-4-7-12/h2-4,6-7,13,17H,5,8-11H2,1H3. The van der Waals surface area contributed by atoms with Gasteiger partial charge >= 0.3 is 0 Å². The zero-order valence-electron chi connectivity index (χ0n) is 10.7. The number of hydrogen-bond donors (Lipinski definition) is 1. The van der Waals surface area contributed by atoms with Gasteiger partial charge in [0.2, 0.25) is 0 Å². The Morgan fingerprint density at radius 2 is 2.06 bits per heavy atom. The highest BCUT2D eigenvalue weighted by atomic mass is 19.3. The second-order valence-electron chi connectivity index (χ2n) is 4.98. The van der Waals surface area contributed by atoms with Crippen LogP contribution < -0.4 is 5.32 Å². The molecule has 4 heteroatoms. The average molecular weight is 254 g/mol. The molecular formula is C14H20F2N2. The van der Waals surface area contributed by atoms with Crippen LogP contribution in [0.2, 0.25) is 0 Å². The van der Waals surface area contributed by atoms with E-state index in [2.05, 4.69) is 17.3 Å². The zero-order chi connectivity index (χ0) is 13.0. The van der Waals surface area contributed by atoms with Gasteiger partial charge in [-0.15, -0.1) is 0 Å². The third kappa shape index (κ3) is 3.27. The molecule has 1 heterocycles. The summed E-state index contributed by atoms with van der Waals surface area (Å²) < 4.78 is 27.7. The first-order valence-electron chi connectivity index (χ1n) is 6.44. The number of rotatable bonds is 5. The maximum Gasteiger partial charge on any atom is 0.285 e. The molecule has 2 rings (SSSR count). The molecule has 0 aromatic heterocycles. The number of alkyl halides is 2. The number of likely N-dealkylation sites (tertiary alicyclic amines) is 1. The van der Waals surface area contributed by atoms with Crippen molar-refractivity contribution in [1.82, 2.24) is 10.2 Å². The summed E-state index contributed by atoms with van der Waals surface area (Å²) in [6.07, 6.45) is 2.26. The van der Waals surface area contributed by atoms with Crippen LogP contribution in [0.15, 0.2) is 30.3 Å². The number of benzene rings is 1. The van der Waals surface area contributed by atoms with Crippen LogP contribution in [0.1, 0.15) is 18.4 Å². The van der Waals surface area contributed by atoms with Crippen LogP contribution >= 0.6 is 0 Å². The number of hydrogen-bond acceptors (Lipinski definition) is 2. The minimum absolute atomic E-state index is 0.0808. The van der Waals surface area contributed by atoms with E-state index in [0.717, 1.165) is 19.4 Å². The van der Waals surface area contributed by atoms with E-state index in [0.29, 0.717) is 12.6 Å². The van der Waals surface area contributed by atoms with Gasteiger partial charge in [0.05, 0.1) is 6.54 Å². The summed E-state index contributed by atoms with van der Waals surface area (Å²) in [6.45, 7) is 1.42. The maximum absolute atomic E-state index is 13.9. The summed E-state index contributed by atoms with van der Waals surface area (Å²) in [4.78, 5) is 2.23. The topological polar surface area (TPSA) is 15.3 Å². The van der Waals surface area contributed by atoms with Gasteiger partial charge in [-0.1, -0.05) is 30.3 Å². The van der Waals surface area contributed by atoms with E-state index < -0.39 is 5.92 Å². The Kier molecular flexibility index (Phi) is 4.30. The Bertz CT molecular complexity index is 367. The SMILES string of the molecule is CN1CCCC1CNCC(F)(F)c1ccccc1. The quantitative estimate of drug-likeness (QED) is 0.868. The largest absolute Gasteiger partial charge is 0.309 e. The lowest BCUT2D eigenvalue weighted by molar-refractivity contribution is -0.00400. The van der Waals surface area contributed by atoms with Crippen molar-refractivity contribution < 1.29 is 8.78 Å². The number of nitrogens with one attached hydrogen (secondary N) is 1. The molecule has 0 spiro atoms. The molecule has 1 fully saturated rings. The van der Waals surface area contributed by atoms with Crippen molar-refractivity contribution in [2.45, 2.75) is 24.8 Å². The first kappa shape index (κ1) is 13.4. The van der Waals surface area contributed by atoms with Crippen LogP contribution in [0.4, 0.5) is 8.78 Å². The van der Waals surface area contributed by atoms with E-state index in [4.69, 9.17) is 0 Å². The fourth-order valence-electron chi connectivity index (χ4n) is 2.42. The summed E-state index contributed by atoms with van der Waals surface area (Å²) in [7, 11) is 2.05. The van der Waals surface area contributed by atoms with Crippen LogP contribution in [0.25, 0.3) is 0 Å². The third-order valence-corrected chi connectivity index (χ3v) is 3.59. The van der Waals surface area contributed by atoms with Crippen molar-refractivity contribution in [3.63, 3.8) is 0 Å². The van der Waals surface area contributed by atoms with Crippen LogP contribution in [0.5, 0.6) is 0 Å². The molecule has 0 bridgehead atoms. The molecule has 1 aliphatic heterocycles. The average Bonchev–Trinajstić information content (AvgIpc) is 2.76. The van der Waals surface area contributed by atoms with Gasteiger partial charge in [0.25, 0.3) is 5.92 Å². The molecule has 18 heavy (non-hydrogen) atoms. The van der Waals surface area contributed by atoms with Gasteiger partial charge in [0, 0.05) is 18.2 Å². The summed E-state index contributed by atoms with van der Waals surface area (Å²) in [5, 5.41) is 2.90. The van der Waals surface area contributed by atoms with Crippen LogP contribution in [-0.4, -0.2) is 37.6 Å². The first-order valence-corrected chi connectivity index (χ1v) is 6.44. The molecule has 0 aliphatic carbocycles. The van der Waals surface area contributed by atoms with Crippen LogP contribution in [-0.2, 0) is 5.92 Å². The normalized spacial score (nSPS) is 21.4. The molecular weight excluding hydrogens is 234 g/mol. The van der Waals surface area contributed by atoms with Crippen molar-refractivity contribution in [3.05, 3.63) is 35.9 Å². The van der Waals surface area contributed by atoms with Crippen molar-refractivity contribution >= 4 is 0 Å². The van der Waals surface area contributed by atoms with E-state index in [9.17, 15) is 8.78 Å². The van der Waals surface area contributed by atoms with Crippen LogP contribution in [0, 0.1) is 0 Å². The van der Waals surface area contributed by atoms with Gasteiger partial charge < -0.3 is 10.2 Å². The predicted molar refractivity (Wildman–Crippen MR) is 68.9 cm³/mol. The molecule has 0 amide bonds. The highest BCUT2D eigenvalue weighted by Crippen LogP contribution is 2.26. The van der Waals surface area contributed by atoms with E-state index in [-0.39, 0.29) is 12.1 Å². The van der Waals surface area contributed by atoms with Crippen molar-refractivity contribution in [1.29, 1.82) is 0 Å². The maximum atomic E-state index is 13.9. The fourth-order valence-corrected chi connectivity index (χ4v) is 2.42. The van der Waals surface area contributed by atoms with Gasteiger partial charge in [-0.25, -0.2) is 0 Å². The van der Waals surface area contributed by atoms with Crippen LogP contribution in [0.3, 0.4) is 0 Å². The molecule has 0 radical (unpaired) electrons. The molecule has 1 unspecified atom stereocenters.